The van der Waals surface area contributed by atoms with Crippen LogP contribution in [0.15, 0.2) is 48.8 Å². The summed E-state index contributed by atoms with van der Waals surface area (Å²) in [6.07, 6.45) is 5.55. The Kier molecular flexibility index (Phi) is 7.59. The van der Waals surface area contributed by atoms with Gasteiger partial charge in [0, 0.05) is 38.2 Å². The van der Waals surface area contributed by atoms with Gasteiger partial charge in [0.05, 0.1) is 6.54 Å². The van der Waals surface area contributed by atoms with Gasteiger partial charge in [0.15, 0.2) is 0 Å². The number of nitrogens with zero attached hydrogens (tertiary/aromatic N) is 3. The van der Waals surface area contributed by atoms with Crippen molar-refractivity contribution in [3.8, 4) is 0 Å². The molecule has 0 radical (unpaired) electrons. The van der Waals surface area contributed by atoms with Crippen LogP contribution in [-0.2, 0) is 16.1 Å². The maximum absolute atomic E-state index is 13.0. The molecule has 1 aromatic heterocycles. The van der Waals surface area contributed by atoms with Gasteiger partial charge in [-0.1, -0.05) is 18.2 Å². The average Bonchev–Trinajstić information content (AvgIpc) is 2.90. The molecule has 1 atom stereocenters. The summed E-state index contributed by atoms with van der Waals surface area (Å²) in [6.45, 7) is 2.86. The molecule has 0 bridgehead atoms. The quantitative estimate of drug-likeness (QED) is 0.747. The van der Waals surface area contributed by atoms with Crippen LogP contribution in [-0.4, -0.2) is 58.8 Å². The van der Waals surface area contributed by atoms with Crippen LogP contribution in [0.3, 0.4) is 0 Å². The number of likely N-dealkylation sites (tertiary alicyclic amines) is 1. The minimum absolute atomic E-state index is 0.00667. The first-order valence-electron chi connectivity index (χ1n) is 10.5. The van der Waals surface area contributed by atoms with Crippen molar-refractivity contribution in [1.29, 1.82) is 0 Å². The lowest BCUT2D eigenvalue weighted by atomic mass is 10.1. The predicted molar refractivity (Wildman–Crippen MR) is 118 cm³/mol. The first kappa shape index (κ1) is 22.3. The van der Waals surface area contributed by atoms with Gasteiger partial charge in [-0.15, -0.1) is 0 Å². The fourth-order valence-electron chi connectivity index (χ4n) is 3.58. The molecule has 31 heavy (non-hydrogen) atoms. The Hall–Kier alpha value is -3.42. The standard InChI is InChI=1S/C23H29N5O3/c1-17-7-5-9-19(13-17)25-23(31)26-20-10-3-4-12-28(22(20)30)16-21(29)27(2)15-18-8-6-11-24-14-18/h5-9,11,13-14,20H,3-4,10,12,15-16H2,1-2H3,(H2,25,26,31)/t20-/m0/s1. The van der Waals surface area contributed by atoms with Crippen LogP contribution in [0.5, 0.6) is 0 Å². The first-order valence-corrected chi connectivity index (χ1v) is 10.5. The average molecular weight is 424 g/mol. The topological polar surface area (TPSA) is 94.6 Å². The zero-order valence-corrected chi connectivity index (χ0v) is 18.0. The molecule has 8 nitrogen and oxygen atoms in total. The molecule has 1 fully saturated rings. The Morgan fingerprint density at radius 3 is 2.81 bits per heavy atom. The van der Waals surface area contributed by atoms with E-state index in [1.54, 1.807) is 35.3 Å². The third-order valence-corrected chi connectivity index (χ3v) is 5.26. The minimum Gasteiger partial charge on any atom is -0.340 e. The van der Waals surface area contributed by atoms with Crippen LogP contribution >= 0.6 is 0 Å². The van der Waals surface area contributed by atoms with Crippen molar-refractivity contribution >= 4 is 23.5 Å². The van der Waals surface area contributed by atoms with Gasteiger partial charge in [-0.3, -0.25) is 14.6 Å². The van der Waals surface area contributed by atoms with Crippen molar-refractivity contribution in [2.45, 2.75) is 38.8 Å². The fourth-order valence-corrected chi connectivity index (χ4v) is 3.58. The van der Waals surface area contributed by atoms with E-state index in [9.17, 15) is 14.4 Å². The molecule has 0 unspecified atom stereocenters. The summed E-state index contributed by atoms with van der Waals surface area (Å²) in [5.74, 6) is -0.373. The molecule has 2 N–H and O–H groups in total. The summed E-state index contributed by atoms with van der Waals surface area (Å²) in [7, 11) is 1.71. The molecule has 8 heteroatoms. The number of aryl methyl sites for hydroxylation is 1. The predicted octanol–water partition coefficient (Wildman–Crippen LogP) is 2.55. The molecule has 1 aliphatic rings. The molecular weight excluding hydrogens is 394 g/mol. The Balaban J connectivity index is 1.57. The molecule has 1 saturated heterocycles. The third-order valence-electron chi connectivity index (χ3n) is 5.26. The molecule has 4 amide bonds. The highest BCUT2D eigenvalue weighted by Gasteiger charge is 2.30. The number of urea groups is 1. The van der Waals surface area contributed by atoms with E-state index in [4.69, 9.17) is 0 Å². The van der Waals surface area contributed by atoms with Gasteiger partial charge in [-0.2, -0.15) is 0 Å². The lowest BCUT2D eigenvalue weighted by Crippen LogP contribution is -2.51. The maximum Gasteiger partial charge on any atom is 0.319 e. The number of pyridine rings is 1. The zero-order chi connectivity index (χ0) is 22.2. The molecule has 1 aromatic carbocycles. The van der Waals surface area contributed by atoms with Crippen LogP contribution in [0.4, 0.5) is 10.5 Å². The highest BCUT2D eigenvalue weighted by molar-refractivity contribution is 5.94. The normalized spacial score (nSPS) is 16.4. The molecule has 1 aliphatic heterocycles. The van der Waals surface area contributed by atoms with E-state index in [0.29, 0.717) is 25.2 Å². The number of aromatic nitrogens is 1. The molecule has 2 aromatic rings. The van der Waals surface area contributed by atoms with Gasteiger partial charge in [0.25, 0.3) is 0 Å². The molecular formula is C23H29N5O3. The summed E-state index contributed by atoms with van der Waals surface area (Å²) < 4.78 is 0. The number of carbonyl (C=O) groups is 3. The molecule has 0 aliphatic carbocycles. The van der Waals surface area contributed by atoms with Gasteiger partial charge < -0.3 is 20.4 Å². The van der Waals surface area contributed by atoms with Crippen molar-refractivity contribution < 1.29 is 14.4 Å². The maximum atomic E-state index is 13.0. The number of hydrogen-bond acceptors (Lipinski definition) is 4. The second kappa shape index (κ2) is 10.6. The number of likely N-dealkylation sites (N-methyl/N-ethyl adjacent to an activating group) is 1. The summed E-state index contributed by atoms with van der Waals surface area (Å²) in [4.78, 5) is 45.3. The largest absolute Gasteiger partial charge is 0.340 e. The molecule has 0 saturated carbocycles. The number of rotatable bonds is 6. The van der Waals surface area contributed by atoms with Crippen LogP contribution in [0.2, 0.25) is 0 Å². The third kappa shape index (κ3) is 6.53. The number of benzene rings is 1. The number of nitrogens with one attached hydrogen (secondary N) is 2. The summed E-state index contributed by atoms with van der Waals surface area (Å²) in [5.41, 5.74) is 2.62. The van der Waals surface area contributed by atoms with Crippen molar-refractivity contribution in [3.63, 3.8) is 0 Å². The lowest BCUT2D eigenvalue weighted by molar-refractivity contribution is -0.140. The number of hydrogen-bond donors (Lipinski definition) is 2. The monoisotopic (exact) mass is 423 g/mol. The van der Waals surface area contributed by atoms with E-state index in [1.807, 2.05) is 37.3 Å². The molecule has 3 rings (SSSR count). The number of carbonyl (C=O) groups excluding carboxylic acids is 3. The van der Waals surface area contributed by atoms with E-state index in [2.05, 4.69) is 15.6 Å². The summed E-state index contributed by atoms with van der Waals surface area (Å²) >= 11 is 0. The van der Waals surface area contributed by atoms with E-state index in [-0.39, 0.29) is 18.4 Å². The minimum atomic E-state index is -0.649. The lowest BCUT2D eigenvalue weighted by Gasteiger charge is -2.27. The van der Waals surface area contributed by atoms with Crippen molar-refractivity contribution in [2.75, 3.05) is 25.5 Å². The molecule has 2 heterocycles. The molecule has 164 valence electrons. The second-order valence-corrected chi connectivity index (χ2v) is 7.89. The highest BCUT2D eigenvalue weighted by Crippen LogP contribution is 2.14. The van der Waals surface area contributed by atoms with Gasteiger partial charge in [-0.25, -0.2) is 4.79 Å². The molecule has 0 spiro atoms. The van der Waals surface area contributed by atoms with Crippen molar-refractivity contribution in [2.24, 2.45) is 0 Å². The Morgan fingerprint density at radius 1 is 1.23 bits per heavy atom. The Labute approximate surface area is 182 Å². The van der Waals surface area contributed by atoms with Crippen molar-refractivity contribution in [3.05, 3.63) is 59.9 Å². The zero-order valence-electron chi connectivity index (χ0n) is 18.0. The number of anilines is 1. The van der Waals surface area contributed by atoms with Gasteiger partial charge in [-0.05, 0) is 55.5 Å². The van der Waals surface area contributed by atoms with Crippen LogP contribution in [0.25, 0.3) is 0 Å². The SMILES string of the molecule is Cc1cccc(NC(=O)N[C@H]2CCCCN(CC(=O)N(C)Cc3cccnc3)C2=O)c1. The van der Waals surface area contributed by atoms with Gasteiger partial charge >= 0.3 is 6.03 Å². The Morgan fingerprint density at radius 2 is 2.06 bits per heavy atom. The van der Waals surface area contributed by atoms with E-state index < -0.39 is 12.1 Å². The van der Waals surface area contributed by atoms with E-state index in [1.165, 1.54) is 0 Å². The van der Waals surface area contributed by atoms with Crippen LogP contribution in [0, 0.1) is 6.92 Å². The second-order valence-electron chi connectivity index (χ2n) is 7.89. The summed E-state index contributed by atoms with van der Waals surface area (Å²) in [5, 5.41) is 5.54. The van der Waals surface area contributed by atoms with Crippen molar-refractivity contribution in [1.82, 2.24) is 20.1 Å². The number of amides is 4. The van der Waals surface area contributed by atoms with Crippen LogP contribution in [0.1, 0.15) is 30.4 Å². The Bertz CT molecular complexity index is 918. The van der Waals surface area contributed by atoms with E-state index >= 15 is 0 Å². The fraction of sp³-hybridized carbons (Fsp3) is 0.391. The van der Waals surface area contributed by atoms with Gasteiger partial charge in [0.2, 0.25) is 11.8 Å². The smallest absolute Gasteiger partial charge is 0.319 e. The first-order chi connectivity index (χ1) is 14.9. The van der Waals surface area contributed by atoms with E-state index in [0.717, 1.165) is 24.0 Å². The van der Waals surface area contributed by atoms with Crippen LogP contribution < -0.4 is 10.6 Å². The summed E-state index contributed by atoms with van der Waals surface area (Å²) in [6, 6.07) is 10.1. The highest BCUT2D eigenvalue weighted by atomic mass is 16.2. The van der Waals surface area contributed by atoms with Gasteiger partial charge in [0.1, 0.15) is 6.04 Å².